The molecule has 0 bridgehead atoms. The molecule has 0 radical (unpaired) electrons. The summed E-state index contributed by atoms with van der Waals surface area (Å²) in [5.41, 5.74) is 7.26. The summed E-state index contributed by atoms with van der Waals surface area (Å²) in [4.78, 5) is 38.2. The van der Waals surface area contributed by atoms with Gasteiger partial charge in [0.15, 0.2) is 11.2 Å². The molecule has 1 unspecified atom stereocenters. The summed E-state index contributed by atoms with van der Waals surface area (Å²) in [6, 6.07) is 9.71. The SMILES string of the molecule is CC#CCn1c(N(C)CC(C)N)nc2c1c(=O)n(Cc1nc(C)cc3ccccc13)c(=O)n2C. The minimum Gasteiger partial charge on any atom is -0.344 e. The molecule has 1 aromatic carbocycles. The van der Waals surface area contributed by atoms with Crippen LogP contribution >= 0.6 is 0 Å². The lowest BCUT2D eigenvalue weighted by atomic mass is 10.1. The highest BCUT2D eigenvalue weighted by atomic mass is 16.2. The second kappa shape index (κ2) is 9.15. The Morgan fingerprint density at radius 2 is 1.91 bits per heavy atom. The van der Waals surface area contributed by atoms with E-state index in [1.807, 2.05) is 56.1 Å². The van der Waals surface area contributed by atoms with Gasteiger partial charge in [-0.1, -0.05) is 30.2 Å². The second-order valence-corrected chi connectivity index (χ2v) is 8.62. The van der Waals surface area contributed by atoms with Crippen LogP contribution in [0.2, 0.25) is 0 Å². The predicted molar refractivity (Wildman–Crippen MR) is 135 cm³/mol. The summed E-state index contributed by atoms with van der Waals surface area (Å²) in [5, 5.41) is 1.92. The van der Waals surface area contributed by atoms with Gasteiger partial charge in [-0.25, -0.2) is 4.79 Å². The van der Waals surface area contributed by atoms with Crippen LogP contribution in [0.25, 0.3) is 21.9 Å². The highest BCUT2D eigenvalue weighted by molar-refractivity contribution is 5.85. The average Bonchev–Trinajstić information content (AvgIpc) is 3.18. The van der Waals surface area contributed by atoms with E-state index < -0.39 is 11.2 Å². The summed E-state index contributed by atoms with van der Waals surface area (Å²) < 4.78 is 4.39. The third kappa shape index (κ3) is 4.08. The topological polar surface area (TPSA) is 104 Å². The number of imidazole rings is 1. The van der Waals surface area contributed by atoms with Crippen LogP contribution in [0.4, 0.5) is 5.95 Å². The van der Waals surface area contributed by atoms with Crippen molar-refractivity contribution in [3.8, 4) is 11.8 Å². The van der Waals surface area contributed by atoms with Crippen molar-refractivity contribution >= 4 is 27.9 Å². The number of benzene rings is 1. The Morgan fingerprint density at radius 3 is 2.62 bits per heavy atom. The number of pyridine rings is 1. The zero-order chi connectivity index (χ0) is 24.6. The van der Waals surface area contributed by atoms with Crippen LogP contribution in [0, 0.1) is 18.8 Å². The maximum absolute atomic E-state index is 13.7. The lowest BCUT2D eigenvalue weighted by Crippen LogP contribution is -2.40. The first-order valence-corrected chi connectivity index (χ1v) is 11.1. The number of fused-ring (bicyclic) bond motifs is 2. The molecule has 1 atom stereocenters. The van der Waals surface area contributed by atoms with Gasteiger partial charge in [-0.15, -0.1) is 5.92 Å². The lowest BCUT2D eigenvalue weighted by Gasteiger charge is -2.20. The minimum atomic E-state index is -0.447. The summed E-state index contributed by atoms with van der Waals surface area (Å²) in [6.07, 6.45) is 0. The Hall–Kier alpha value is -3.90. The van der Waals surface area contributed by atoms with Crippen LogP contribution in [0.15, 0.2) is 39.9 Å². The molecule has 0 amide bonds. The van der Waals surface area contributed by atoms with E-state index in [0.29, 0.717) is 29.4 Å². The second-order valence-electron chi connectivity index (χ2n) is 8.62. The first kappa shape index (κ1) is 23.3. The number of anilines is 1. The number of aromatic nitrogens is 5. The van der Waals surface area contributed by atoms with E-state index in [2.05, 4.69) is 21.8 Å². The van der Waals surface area contributed by atoms with E-state index in [1.54, 1.807) is 18.5 Å². The Bertz CT molecular complexity index is 1560. The van der Waals surface area contributed by atoms with Crippen LogP contribution in [0.1, 0.15) is 25.2 Å². The van der Waals surface area contributed by atoms with Crippen molar-refractivity contribution in [2.24, 2.45) is 12.8 Å². The van der Waals surface area contributed by atoms with E-state index in [-0.39, 0.29) is 19.1 Å². The van der Waals surface area contributed by atoms with Gasteiger partial charge in [0.2, 0.25) is 5.95 Å². The molecule has 0 aliphatic heterocycles. The van der Waals surface area contributed by atoms with Gasteiger partial charge >= 0.3 is 5.69 Å². The summed E-state index contributed by atoms with van der Waals surface area (Å²) in [6.45, 7) is 6.40. The van der Waals surface area contributed by atoms with Gasteiger partial charge in [0.1, 0.15) is 0 Å². The molecule has 2 N–H and O–H groups in total. The summed E-state index contributed by atoms with van der Waals surface area (Å²) in [5.74, 6) is 6.44. The maximum Gasteiger partial charge on any atom is 0.332 e. The highest BCUT2D eigenvalue weighted by Gasteiger charge is 2.23. The number of hydrogen-bond donors (Lipinski definition) is 1. The van der Waals surface area contributed by atoms with E-state index in [9.17, 15) is 9.59 Å². The van der Waals surface area contributed by atoms with Gasteiger partial charge in [-0.05, 0) is 32.2 Å². The molecule has 4 rings (SSSR count). The fraction of sp³-hybridized carbons (Fsp3) is 0.360. The Balaban J connectivity index is 1.97. The largest absolute Gasteiger partial charge is 0.344 e. The third-order valence-corrected chi connectivity index (χ3v) is 5.78. The number of hydrogen-bond acceptors (Lipinski definition) is 6. The third-order valence-electron chi connectivity index (χ3n) is 5.78. The van der Waals surface area contributed by atoms with Crippen molar-refractivity contribution in [1.82, 2.24) is 23.7 Å². The molecule has 9 heteroatoms. The number of nitrogens with two attached hydrogens (primary N) is 1. The van der Waals surface area contributed by atoms with E-state index in [0.717, 1.165) is 16.5 Å². The van der Waals surface area contributed by atoms with Crippen molar-refractivity contribution in [2.45, 2.75) is 39.9 Å². The van der Waals surface area contributed by atoms with Crippen molar-refractivity contribution in [1.29, 1.82) is 0 Å². The van der Waals surface area contributed by atoms with Crippen LogP contribution in [-0.2, 0) is 20.1 Å². The molecule has 34 heavy (non-hydrogen) atoms. The Kier molecular flexibility index (Phi) is 6.26. The lowest BCUT2D eigenvalue weighted by molar-refractivity contribution is 0.646. The minimum absolute atomic E-state index is 0.0548. The molecule has 3 heterocycles. The number of nitrogens with zero attached hydrogens (tertiary/aromatic N) is 6. The Labute approximate surface area is 197 Å². The smallest absolute Gasteiger partial charge is 0.332 e. The predicted octanol–water partition coefficient (Wildman–Crippen LogP) is 1.61. The molecular formula is C25H29N7O2. The zero-order valence-electron chi connectivity index (χ0n) is 20.2. The van der Waals surface area contributed by atoms with Crippen LogP contribution < -0.4 is 21.9 Å². The maximum atomic E-state index is 13.7. The van der Waals surface area contributed by atoms with Gasteiger partial charge in [0.05, 0.1) is 18.8 Å². The molecule has 4 aromatic rings. The van der Waals surface area contributed by atoms with Crippen LogP contribution in [0.3, 0.4) is 0 Å². The van der Waals surface area contributed by atoms with Crippen molar-refractivity contribution in [3.63, 3.8) is 0 Å². The monoisotopic (exact) mass is 459 g/mol. The van der Waals surface area contributed by atoms with Gasteiger partial charge in [-0.3, -0.25) is 23.5 Å². The van der Waals surface area contributed by atoms with Gasteiger partial charge < -0.3 is 10.6 Å². The van der Waals surface area contributed by atoms with E-state index in [1.165, 1.54) is 9.13 Å². The quantitative estimate of drug-likeness (QED) is 0.440. The van der Waals surface area contributed by atoms with E-state index in [4.69, 9.17) is 5.73 Å². The van der Waals surface area contributed by atoms with Gasteiger partial charge in [-0.2, -0.15) is 4.98 Å². The standard InChI is InChI=1S/C25H29N7O2/c1-6-7-12-31-21-22(28-24(31)29(4)14-16(2)26)30(5)25(34)32(23(21)33)15-20-19-11-9-8-10-18(19)13-17(3)27-20/h8-11,13,16H,12,14-15,26H2,1-5H3. The van der Waals surface area contributed by atoms with Crippen LogP contribution in [0.5, 0.6) is 0 Å². The Morgan fingerprint density at radius 1 is 1.18 bits per heavy atom. The van der Waals surface area contributed by atoms with Crippen molar-refractivity contribution in [3.05, 3.63) is 62.6 Å². The molecular weight excluding hydrogens is 430 g/mol. The zero-order valence-corrected chi connectivity index (χ0v) is 20.2. The molecule has 9 nitrogen and oxygen atoms in total. The number of rotatable bonds is 6. The molecule has 0 aliphatic rings. The molecule has 0 aliphatic carbocycles. The first-order chi connectivity index (χ1) is 16.2. The van der Waals surface area contributed by atoms with Crippen LogP contribution in [-0.4, -0.2) is 43.3 Å². The van der Waals surface area contributed by atoms with Crippen molar-refractivity contribution in [2.75, 3.05) is 18.5 Å². The normalized spacial score (nSPS) is 12.1. The van der Waals surface area contributed by atoms with Gasteiger partial charge in [0.25, 0.3) is 5.56 Å². The molecule has 0 saturated heterocycles. The molecule has 0 fully saturated rings. The molecule has 176 valence electrons. The summed E-state index contributed by atoms with van der Waals surface area (Å²) >= 11 is 0. The summed E-state index contributed by atoms with van der Waals surface area (Å²) in [7, 11) is 3.49. The van der Waals surface area contributed by atoms with E-state index >= 15 is 0 Å². The number of aryl methyl sites for hydroxylation is 2. The molecule has 0 saturated carbocycles. The fourth-order valence-corrected chi connectivity index (χ4v) is 4.30. The fourth-order valence-electron chi connectivity index (χ4n) is 4.30. The highest BCUT2D eigenvalue weighted by Crippen LogP contribution is 2.21. The molecule has 0 spiro atoms. The van der Waals surface area contributed by atoms with Gasteiger partial charge in [0, 0.05) is 37.8 Å². The first-order valence-electron chi connectivity index (χ1n) is 11.1. The number of likely N-dealkylation sites (N-methyl/N-ethyl adjacent to an activating group) is 1. The molecule has 3 aromatic heterocycles. The van der Waals surface area contributed by atoms with Crippen molar-refractivity contribution < 1.29 is 0 Å². The average molecular weight is 460 g/mol.